The van der Waals surface area contributed by atoms with Crippen LogP contribution in [0.15, 0.2) is 0 Å². The molecule has 48 valence electrons. The molecule has 1 atom stereocenters. The third-order valence-electron chi connectivity index (χ3n) is 0.959. The molecule has 1 unspecified atom stereocenters. The zero-order valence-corrected chi connectivity index (χ0v) is 7.21. The molecule has 8 heavy (non-hydrogen) atoms. The summed E-state index contributed by atoms with van der Waals surface area (Å²) >= 11 is 8.68. The van der Waals surface area contributed by atoms with Gasteiger partial charge in [-0.3, -0.25) is 4.79 Å². The molecule has 0 fully saturated rings. The maximum Gasteiger partial charge on any atom is 0.161 e. The Hall–Kier alpha value is 0.440. The van der Waals surface area contributed by atoms with Crippen LogP contribution in [0.5, 0.6) is 0 Å². The number of halogens is 2. The first kappa shape index (κ1) is 8.44. The van der Waals surface area contributed by atoms with Gasteiger partial charge in [0.1, 0.15) is 0 Å². The minimum atomic E-state index is -0.812. The molecular formula is C5H8BrClO. The van der Waals surface area contributed by atoms with E-state index in [0.717, 1.165) is 0 Å². The van der Waals surface area contributed by atoms with E-state index in [1.165, 1.54) is 6.92 Å². The molecule has 0 N–H and O–H groups in total. The Labute approximate surface area is 62.5 Å². The van der Waals surface area contributed by atoms with Gasteiger partial charge in [0.2, 0.25) is 0 Å². The quantitative estimate of drug-likeness (QED) is 0.624. The van der Waals surface area contributed by atoms with E-state index >= 15 is 0 Å². The number of hydrogen-bond acceptors (Lipinski definition) is 1. The van der Waals surface area contributed by atoms with Gasteiger partial charge in [0.25, 0.3) is 0 Å². The predicted molar refractivity (Wildman–Crippen MR) is 38.5 cm³/mol. The minimum absolute atomic E-state index is 0.0401. The summed E-state index contributed by atoms with van der Waals surface area (Å²) < 4.78 is -0.812. The van der Waals surface area contributed by atoms with E-state index in [1.807, 2.05) is 6.92 Å². The number of Topliss-reactive ketones (excluding diaryl/α,β-unsaturated/α-hetero) is 1. The van der Waals surface area contributed by atoms with Crippen LogP contribution in [0.2, 0.25) is 0 Å². The molecule has 0 bridgehead atoms. The van der Waals surface area contributed by atoms with Crippen LogP contribution in [0.1, 0.15) is 20.3 Å². The van der Waals surface area contributed by atoms with Crippen LogP contribution in [-0.4, -0.2) is 9.57 Å². The van der Waals surface area contributed by atoms with E-state index in [1.54, 1.807) is 0 Å². The van der Waals surface area contributed by atoms with Crippen molar-refractivity contribution in [1.82, 2.24) is 0 Å². The molecule has 0 aliphatic carbocycles. The summed E-state index contributed by atoms with van der Waals surface area (Å²) in [6.07, 6.45) is 0.615. The van der Waals surface area contributed by atoms with Gasteiger partial charge in [-0.1, -0.05) is 34.5 Å². The van der Waals surface area contributed by atoms with Crippen molar-refractivity contribution in [3.8, 4) is 0 Å². The summed E-state index contributed by atoms with van der Waals surface area (Å²) in [5, 5.41) is 0. The van der Waals surface area contributed by atoms with Gasteiger partial charge in [-0.2, -0.15) is 0 Å². The fourth-order valence-electron chi connectivity index (χ4n) is 0.249. The number of hydrogen-bond donors (Lipinski definition) is 0. The van der Waals surface area contributed by atoms with Crippen molar-refractivity contribution in [2.75, 3.05) is 0 Å². The van der Waals surface area contributed by atoms with E-state index in [4.69, 9.17) is 11.6 Å². The summed E-state index contributed by atoms with van der Waals surface area (Å²) in [6, 6.07) is 0. The van der Waals surface area contributed by atoms with E-state index in [9.17, 15) is 4.79 Å². The molecule has 3 heteroatoms. The summed E-state index contributed by atoms with van der Waals surface area (Å²) in [7, 11) is 0. The zero-order chi connectivity index (χ0) is 6.78. The van der Waals surface area contributed by atoms with Gasteiger partial charge in [-0.25, -0.2) is 0 Å². The number of ketones is 1. The summed E-state index contributed by atoms with van der Waals surface area (Å²) in [5.74, 6) is -0.0401. The molecule has 0 radical (unpaired) electrons. The van der Waals surface area contributed by atoms with Gasteiger partial charge in [0.05, 0.1) is 0 Å². The number of carbonyl (C=O) groups excluding carboxylic acids is 1. The van der Waals surface area contributed by atoms with Crippen LogP contribution < -0.4 is 0 Å². The maximum absolute atomic E-state index is 10.5. The van der Waals surface area contributed by atoms with Crippen molar-refractivity contribution >= 4 is 33.3 Å². The Morgan fingerprint density at radius 3 is 2.25 bits per heavy atom. The van der Waals surface area contributed by atoms with Crippen LogP contribution in [0.4, 0.5) is 0 Å². The van der Waals surface area contributed by atoms with Gasteiger partial charge in [-0.05, 0) is 13.3 Å². The SMILES string of the molecule is CCC(Cl)(Br)C(C)=O. The Kier molecular flexibility index (Phi) is 2.99. The summed E-state index contributed by atoms with van der Waals surface area (Å²) in [6.45, 7) is 3.31. The van der Waals surface area contributed by atoms with Gasteiger partial charge >= 0.3 is 0 Å². The first-order valence-electron chi connectivity index (χ1n) is 2.39. The van der Waals surface area contributed by atoms with E-state index in [0.29, 0.717) is 6.42 Å². The Bertz CT molecular complexity index is 101. The molecule has 0 aliphatic rings. The molecule has 0 aromatic carbocycles. The van der Waals surface area contributed by atoms with Crippen molar-refractivity contribution in [3.05, 3.63) is 0 Å². The minimum Gasteiger partial charge on any atom is -0.297 e. The van der Waals surface area contributed by atoms with Gasteiger partial charge in [0, 0.05) is 0 Å². The molecule has 0 saturated heterocycles. The number of carbonyl (C=O) groups is 1. The standard InChI is InChI=1S/C5H8BrClO/c1-3-5(6,7)4(2)8/h3H2,1-2H3. The van der Waals surface area contributed by atoms with Gasteiger partial charge in [-0.15, -0.1) is 0 Å². The molecule has 0 saturated carbocycles. The number of rotatable bonds is 2. The highest BCUT2D eigenvalue weighted by Crippen LogP contribution is 2.27. The highest BCUT2D eigenvalue weighted by atomic mass is 79.9. The lowest BCUT2D eigenvalue weighted by atomic mass is 10.2. The molecule has 0 spiro atoms. The second kappa shape index (κ2) is 2.83. The van der Waals surface area contributed by atoms with Crippen molar-refractivity contribution in [1.29, 1.82) is 0 Å². The third-order valence-corrected chi connectivity index (χ3v) is 2.61. The Morgan fingerprint density at radius 2 is 2.25 bits per heavy atom. The zero-order valence-electron chi connectivity index (χ0n) is 4.87. The fraction of sp³-hybridized carbons (Fsp3) is 0.800. The van der Waals surface area contributed by atoms with Crippen molar-refractivity contribution in [3.63, 3.8) is 0 Å². The average Bonchev–Trinajstić information content (AvgIpc) is 1.67. The summed E-state index contributed by atoms with van der Waals surface area (Å²) in [5.41, 5.74) is 0. The molecular weight excluding hydrogens is 191 g/mol. The molecule has 1 nitrogen and oxygen atoms in total. The largest absolute Gasteiger partial charge is 0.297 e. The highest BCUT2D eigenvalue weighted by molar-refractivity contribution is 9.10. The molecule has 0 aliphatic heterocycles. The smallest absolute Gasteiger partial charge is 0.161 e. The Morgan fingerprint density at radius 1 is 1.88 bits per heavy atom. The second-order valence-electron chi connectivity index (χ2n) is 1.61. The van der Waals surface area contributed by atoms with E-state index < -0.39 is 3.78 Å². The first-order valence-corrected chi connectivity index (χ1v) is 3.56. The van der Waals surface area contributed by atoms with Crippen molar-refractivity contribution < 1.29 is 4.79 Å². The second-order valence-corrected chi connectivity index (χ2v) is 4.07. The average molecular weight is 199 g/mol. The normalized spacial score (nSPS) is 17.5. The highest BCUT2D eigenvalue weighted by Gasteiger charge is 2.25. The van der Waals surface area contributed by atoms with Crippen LogP contribution in [0.25, 0.3) is 0 Å². The molecule has 0 aromatic heterocycles. The van der Waals surface area contributed by atoms with E-state index in [2.05, 4.69) is 15.9 Å². The fourth-order valence-corrected chi connectivity index (χ4v) is 0.249. The molecule has 0 rings (SSSR count). The molecule has 0 aromatic rings. The van der Waals surface area contributed by atoms with Gasteiger partial charge < -0.3 is 0 Å². The van der Waals surface area contributed by atoms with Crippen molar-refractivity contribution in [2.24, 2.45) is 0 Å². The topological polar surface area (TPSA) is 17.1 Å². The summed E-state index contributed by atoms with van der Waals surface area (Å²) in [4.78, 5) is 10.5. The van der Waals surface area contributed by atoms with Crippen LogP contribution in [0.3, 0.4) is 0 Å². The van der Waals surface area contributed by atoms with Crippen molar-refractivity contribution in [2.45, 2.75) is 24.1 Å². The van der Waals surface area contributed by atoms with Crippen LogP contribution in [0, 0.1) is 0 Å². The van der Waals surface area contributed by atoms with Crippen LogP contribution in [-0.2, 0) is 4.79 Å². The lowest BCUT2D eigenvalue weighted by Crippen LogP contribution is -2.20. The monoisotopic (exact) mass is 198 g/mol. The van der Waals surface area contributed by atoms with Crippen LogP contribution >= 0.6 is 27.5 Å². The lowest BCUT2D eigenvalue weighted by molar-refractivity contribution is -0.117. The lowest BCUT2D eigenvalue weighted by Gasteiger charge is -2.11. The maximum atomic E-state index is 10.5. The first-order chi connectivity index (χ1) is 3.50. The van der Waals surface area contributed by atoms with Gasteiger partial charge in [0.15, 0.2) is 9.57 Å². The van der Waals surface area contributed by atoms with E-state index in [-0.39, 0.29) is 5.78 Å². The number of alkyl halides is 2. The third kappa shape index (κ3) is 2.14. The molecule has 0 heterocycles. The Balaban J connectivity index is 3.91. The molecule has 0 amide bonds. The predicted octanol–water partition coefficient (Wildman–Crippen LogP) is 2.32.